The number of rotatable bonds is 6. The van der Waals surface area contributed by atoms with Gasteiger partial charge in [0, 0.05) is 5.69 Å². The molecule has 7 heteroatoms. The van der Waals surface area contributed by atoms with Crippen LogP contribution in [0.1, 0.15) is 11.1 Å². The summed E-state index contributed by atoms with van der Waals surface area (Å²) >= 11 is 0. The molecule has 1 aliphatic heterocycles. The fourth-order valence-corrected chi connectivity index (χ4v) is 3.54. The van der Waals surface area contributed by atoms with Gasteiger partial charge in [-0.1, -0.05) is 29.8 Å². The Labute approximate surface area is 184 Å². The van der Waals surface area contributed by atoms with Crippen LogP contribution in [0.25, 0.3) is 5.57 Å². The number of amides is 2. The number of hydrogen-bond acceptors (Lipinski definition) is 5. The average molecular weight is 432 g/mol. The lowest BCUT2D eigenvalue weighted by atomic mass is 10.0. The molecule has 1 heterocycles. The van der Waals surface area contributed by atoms with Crippen LogP contribution in [0.3, 0.4) is 0 Å². The fourth-order valence-electron chi connectivity index (χ4n) is 3.54. The quantitative estimate of drug-likeness (QED) is 0.579. The lowest BCUT2D eigenvalue weighted by Crippen LogP contribution is -2.32. The highest BCUT2D eigenvalue weighted by Gasteiger charge is 2.40. The lowest BCUT2D eigenvalue weighted by Gasteiger charge is -2.16. The fraction of sp³-hybridized carbons (Fsp3) is 0.120. The maximum atomic E-state index is 13.7. The molecular formula is C25H21FN2O4. The smallest absolute Gasteiger partial charge is 0.282 e. The highest BCUT2D eigenvalue weighted by atomic mass is 19.1. The van der Waals surface area contributed by atoms with Gasteiger partial charge in [-0.05, 0) is 55.0 Å². The first-order valence-electron chi connectivity index (χ1n) is 9.87. The highest BCUT2D eigenvalue weighted by molar-refractivity contribution is 6.46. The standard InChI is InChI=1S/C25H21FN2O4/c1-15-7-10-19(11-8-15)28-24(29)22(16-9-12-20(31-2)21(13-16)32-3)23(25(28)30)27-18-6-4-5-17(26)14-18/h4-14,27H,1-3H3. The van der Waals surface area contributed by atoms with Crippen LogP contribution in [0.4, 0.5) is 15.8 Å². The average Bonchev–Trinajstić information content (AvgIpc) is 3.03. The lowest BCUT2D eigenvalue weighted by molar-refractivity contribution is -0.120. The molecule has 0 spiro atoms. The van der Waals surface area contributed by atoms with E-state index < -0.39 is 17.6 Å². The van der Waals surface area contributed by atoms with Gasteiger partial charge >= 0.3 is 0 Å². The van der Waals surface area contributed by atoms with Crippen LogP contribution < -0.4 is 19.7 Å². The number of aryl methyl sites for hydroxylation is 1. The molecule has 0 aliphatic carbocycles. The molecule has 0 radical (unpaired) electrons. The zero-order valence-electron chi connectivity index (χ0n) is 17.8. The number of imide groups is 1. The highest BCUT2D eigenvalue weighted by Crippen LogP contribution is 2.37. The molecule has 0 fully saturated rings. The van der Waals surface area contributed by atoms with E-state index in [0.29, 0.717) is 28.4 Å². The van der Waals surface area contributed by atoms with Gasteiger partial charge in [0.1, 0.15) is 11.5 Å². The minimum absolute atomic E-state index is 0.0494. The third-order valence-electron chi connectivity index (χ3n) is 5.14. The number of carbonyl (C=O) groups excluding carboxylic acids is 2. The number of anilines is 2. The Morgan fingerprint density at radius 1 is 0.844 bits per heavy atom. The van der Waals surface area contributed by atoms with Crippen LogP contribution in [-0.4, -0.2) is 26.0 Å². The second kappa shape index (κ2) is 8.55. The van der Waals surface area contributed by atoms with Gasteiger partial charge in [0.05, 0.1) is 25.5 Å². The third kappa shape index (κ3) is 3.80. The Morgan fingerprint density at radius 3 is 2.22 bits per heavy atom. The van der Waals surface area contributed by atoms with Crippen LogP contribution in [0.5, 0.6) is 11.5 Å². The number of halogens is 1. The first-order chi connectivity index (χ1) is 15.4. The van der Waals surface area contributed by atoms with E-state index in [1.165, 1.54) is 32.4 Å². The van der Waals surface area contributed by atoms with E-state index in [-0.39, 0.29) is 11.3 Å². The Balaban J connectivity index is 1.85. The van der Waals surface area contributed by atoms with Crippen molar-refractivity contribution in [2.24, 2.45) is 0 Å². The summed E-state index contributed by atoms with van der Waals surface area (Å²) < 4.78 is 24.4. The van der Waals surface area contributed by atoms with E-state index in [2.05, 4.69) is 5.32 Å². The van der Waals surface area contributed by atoms with E-state index in [0.717, 1.165) is 10.5 Å². The first-order valence-corrected chi connectivity index (χ1v) is 9.87. The number of nitrogens with one attached hydrogen (secondary N) is 1. The van der Waals surface area contributed by atoms with Crippen molar-refractivity contribution in [3.8, 4) is 11.5 Å². The van der Waals surface area contributed by atoms with E-state index in [4.69, 9.17) is 9.47 Å². The maximum absolute atomic E-state index is 13.7. The Bertz CT molecular complexity index is 1230. The summed E-state index contributed by atoms with van der Waals surface area (Å²) in [6.45, 7) is 1.92. The molecule has 0 unspecified atom stereocenters. The van der Waals surface area contributed by atoms with Crippen molar-refractivity contribution in [1.29, 1.82) is 0 Å². The predicted molar refractivity (Wildman–Crippen MR) is 120 cm³/mol. The molecule has 32 heavy (non-hydrogen) atoms. The second-order valence-electron chi connectivity index (χ2n) is 7.24. The summed E-state index contributed by atoms with van der Waals surface area (Å²) in [6, 6.07) is 17.7. The van der Waals surface area contributed by atoms with Crippen LogP contribution in [-0.2, 0) is 9.59 Å². The Kier molecular flexibility index (Phi) is 5.64. The summed E-state index contributed by atoms with van der Waals surface area (Å²) in [5.74, 6) is -0.589. The van der Waals surface area contributed by atoms with Crippen molar-refractivity contribution in [3.63, 3.8) is 0 Å². The number of benzene rings is 3. The Hall–Kier alpha value is -4.13. The van der Waals surface area contributed by atoms with Crippen LogP contribution in [0.2, 0.25) is 0 Å². The molecule has 1 aliphatic rings. The van der Waals surface area contributed by atoms with Crippen LogP contribution >= 0.6 is 0 Å². The minimum Gasteiger partial charge on any atom is -0.493 e. The molecular weight excluding hydrogens is 411 g/mol. The molecule has 0 bridgehead atoms. The van der Waals surface area contributed by atoms with E-state index in [9.17, 15) is 14.0 Å². The second-order valence-corrected chi connectivity index (χ2v) is 7.24. The molecule has 2 amide bonds. The predicted octanol–water partition coefficient (Wildman–Crippen LogP) is 4.55. The normalized spacial score (nSPS) is 13.6. The summed E-state index contributed by atoms with van der Waals surface area (Å²) in [6.07, 6.45) is 0. The van der Waals surface area contributed by atoms with Crippen molar-refractivity contribution in [3.05, 3.63) is 89.4 Å². The Morgan fingerprint density at radius 2 is 1.56 bits per heavy atom. The number of carbonyl (C=O) groups is 2. The van der Waals surface area contributed by atoms with Crippen LogP contribution in [0, 0.1) is 12.7 Å². The summed E-state index contributed by atoms with van der Waals surface area (Å²) in [7, 11) is 3.00. The van der Waals surface area contributed by atoms with E-state index >= 15 is 0 Å². The largest absolute Gasteiger partial charge is 0.493 e. The van der Waals surface area contributed by atoms with Crippen molar-refractivity contribution >= 4 is 28.8 Å². The monoisotopic (exact) mass is 432 g/mol. The molecule has 0 aromatic heterocycles. The molecule has 4 rings (SSSR count). The molecule has 1 N–H and O–H groups in total. The SMILES string of the molecule is COc1ccc(C2=C(Nc3cccc(F)c3)C(=O)N(c3ccc(C)cc3)C2=O)cc1OC. The number of methoxy groups -OCH3 is 2. The molecule has 6 nitrogen and oxygen atoms in total. The molecule has 0 atom stereocenters. The number of hydrogen-bond donors (Lipinski definition) is 1. The van der Waals surface area contributed by atoms with Gasteiger partial charge in [0.2, 0.25) is 0 Å². The van der Waals surface area contributed by atoms with Gasteiger partial charge in [-0.3, -0.25) is 9.59 Å². The number of ether oxygens (including phenoxy) is 2. The van der Waals surface area contributed by atoms with Gasteiger partial charge in [0.25, 0.3) is 11.8 Å². The topological polar surface area (TPSA) is 67.9 Å². The third-order valence-corrected chi connectivity index (χ3v) is 5.14. The summed E-state index contributed by atoms with van der Waals surface area (Å²) in [4.78, 5) is 28.0. The van der Waals surface area contributed by atoms with Crippen molar-refractivity contribution < 1.29 is 23.5 Å². The zero-order chi connectivity index (χ0) is 22.8. The molecule has 3 aromatic rings. The van der Waals surface area contributed by atoms with Gasteiger partial charge in [-0.15, -0.1) is 0 Å². The van der Waals surface area contributed by atoms with Crippen LogP contribution in [0.15, 0.2) is 72.4 Å². The molecule has 0 saturated heterocycles. The van der Waals surface area contributed by atoms with Crippen molar-refractivity contribution in [2.45, 2.75) is 6.92 Å². The van der Waals surface area contributed by atoms with E-state index in [1.54, 1.807) is 36.4 Å². The zero-order valence-corrected chi connectivity index (χ0v) is 17.8. The van der Waals surface area contributed by atoms with Gasteiger partial charge in [0.15, 0.2) is 11.5 Å². The van der Waals surface area contributed by atoms with E-state index in [1.807, 2.05) is 19.1 Å². The minimum atomic E-state index is -0.534. The molecule has 3 aromatic carbocycles. The molecule has 162 valence electrons. The number of nitrogens with zero attached hydrogens (tertiary/aromatic N) is 1. The van der Waals surface area contributed by atoms with Gasteiger partial charge < -0.3 is 14.8 Å². The van der Waals surface area contributed by atoms with Gasteiger partial charge in [-0.2, -0.15) is 0 Å². The van der Waals surface area contributed by atoms with Crippen molar-refractivity contribution in [2.75, 3.05) is 24.4 Å². The maximum Gasteiger partial charge on any atom is 0.282 e. The first kappa shape index (κ1) is 21.1. The summed E-state index contributed by atoms with van der Waals surface area (Å²) in [5, 5.41) is 2.94. The van der Waals surface area contributed by atoms with Gasteiger partial charge in [-0.25, -0.2) is 9.29 Å². The van der Waals surface area contributed by atoms with Crippen molar-refractivity contribution in [1.82, 2.24) is 0 Å². The molecule has 0 saturated carbocycles. The summed E-state index contributed by atoms with van der Waals surface area (Å²) in [5.41, 5.74) is 2.47.